The summed E-state index contributed by atoms with van der Waals surface area (Å²) < 4.78 is 37.7. The SMILES string of the molecule is CC(CCCO)NCC(O)c1cccc(C(F)(F)F)c1. The molecule has 0 fully saturated rings. The Morgan fingerprint density at radius 1 is 1.30 bits per heavy atom. The molecule has 0 bridgehead atoms. The number of benzene rings is 1. The molecule has 0 saturated carbocycles. The van der Waals surface area contributed by atoms with Gasteiger partial charge in [-0.25, -0.2) is 0 Å². The number of hydrogen-bond donors (Lipinski definition) is 3. The minimum absolute atomic E-state index is 0.0857. The van der Waals surface area contributed by atoms with Crippen molar-refractivity contribution in [2.24, 2.45) is 0 Å². The first-order chi connectivity index (χ1) is 9.34. The number of alkyl halides is 3. The Balaban J connectivity index is 2.57. The molecule has 114 valence electrons. The topological polar surface area (TPSA) is 52.5 Å². The Morgan fingerprint density at radius 2 is 2.00 bits per heavy atom. The van der Waals surface area contributed by atoms with Crippen molar-refractivity contribution in [1.29, 1.82) is 0 Å². The summed E-state index contributed by atoms with van der Waals surface area (Å²) in [6.07, 6.45) is -4.01. The van der Waals surface area contributed by atoms with Gasteiger partial charge in [-0.15, -0.1) is 0 Å². The number of aliphatic hydroxyl groups excluding tert-OH is 2. The second-order valence-corrected chi connectivity index (χ2v) is 4.81. The molecular weight excluding hydrogens is 271 g/mol. The number of rotatable bonds is 7. The van der Waals surface area contributed by atoms with Crippen LogP contribution in [-0.4, -0.2) is 29.4 Å². The third-order valence-electron chi connectivity index (χ3n) is 3.05. The second-order valence-electron chi connectivity index (χ2n) is 4.81. The number of aliphatic hydroxyl groups is 2. The van der Waals surface area contributed by atoms with Gasteiger partial charge in [0, 0.05) is 19.2 Å². The first-order valence-corrected chi connectivity index (χ1v) is 6.54. The molecule has 1 aromatic rings. The van der Waals surface area contributed by atoms with Crippen LogP contribution >= 0.6 is 0 Å². The largest absolute Gasteiger partial charge is 0.416 e. The average molecular weight is 291 g/mol. The van der Waals surface area contributed by atoms with Crippen molar-refractivity contribution < 1.29 is 23.4 Å². The van der Waals surface area contributed by atoms with Crippen molar-refractivity contribution in [2.45, 2.75) is 38.1 Å². The minimum Gasteiger partial charge on any atom is -0.396 e. The highest BCUT2D eigenvalue weighted by Gasteiger charge is 2.30. The fourth-order valence-corrected chi connectivity index (χ4v) is 1.85. The van der Waals surface area contributed by atoms with Gasteiger partial charge in [0.1, 0.15) is 0 Å². The maximum Gasteiger partial charge on any atom is 0.416 e. The maximum atomic E-state index is 12.6. The maximum absolute atomic E-state index is 12.6. The van der Waals surface area contributed by atoms with Crippen LogP contribution in [0.15, 0.2) is 24.3 Å². The Hall–Kier alpha value is -1.11. The van der Waals surface area contributed by atoms with Gasteiger partial charge in [-0.2, -0.15) is 13.2 Å². The lowest BCUT2D eigenvalue weighted by atomic mass is 10.1. The van der Waals surface area contributed by atoms with Crippen LogP contribution in [0, 0.1) is 0 Å². The van der Waals surface area contributed by atoms with E-state index in [2.05, 4.69) is 5.32 Å². The van der Waals surface area contributed by atoms with E-state index in [4.69, 9.17) is 5.11 Å². The van der Waals surface area contributed by atoms with E-state index in [1.54, 1.807) is 0 Å². The van der Waals surface area contributed by atoms with Crippen molar-refractivity contribution in [2.75, 3.05) is 13.2 Å². The van der Waals surface area contributed by atoms with Gasteiger partial charge in [-0.3, -0.25) is 0 Å². The first kappa shape index (κ1) is 16.9. The molecule has 0 aromatic heterocycles. The lowest BCUT2D eigenvalue weighted by Crippen LogP contribution is -2.30. The van der Waals surface area contributed by atoms with E-state index < -0.39 is 17.8 Å². The second kappa shape index (κ2) is 7.61. The molecule has 20 heavy (non-hydrogen) atoms. The predicted octanol–water partition coefficient (Wildman–Crippen LogP) is 2.49. The van der Waals surface area contributed by atoms with Gasteiger partial charge in [0.2, 0.25) is 0 Å². The summed E-state index contributed by atoms with van der Waals surface area (Å²) in [4.78, 5) is 0. The fourth-order valence-electron chi connectivity index (χ4n) is 1.85. The van der Waals surface area contributed by atoms with E-state index in [-0.39, 0.29) is 24.8 Å². The van der Waals surface area contributed by atoms with E-state index in [1.165, 1.54) is 12.1 Å². The van der Waals surface area contributed by atoms with E-state index in [9.17, 15) is 18.3 Å². The monoisotopic (exact) mass is 291 g/mol. The van der Waals surface area contributed by atoms with Gasteiger partial charge in [-0.05, 0) is 37.5 Å². The summed E-state index contributed by atoms with van der Waals surface area (Å²) in [5, 5.41) is 21.6. The third-order valence-corrected chi connectivity index (χ3v) is 3.05. The Morgan fingerprint density at radius 3 is 2.60 bits per heavy atom. The molecule has 2 unspecified atom stereocenters. The fraction of sp³-hybridized carbons (Fsp3) is 0.571. The predicted molar refractivity (Wildman–Crippen MR) is 70.2 cm³/mol. The molecule has 0 aliphatic heterocycles. The molecule has 2 atom stereocenters. The van der Waals surface area contributed by atoms with Crippen molar-refractivity contribution in [3.8, 4) is 0 Å². The molecule has 0 spiro atoms. The van der Waals surface area contributed by atoms with E-state index in [0.717, 1.165) is 18.6 Å². The zero-order valence-electron chi connectivity index (χ0n) is 11.3. The minimum atomic E-state index is -4.41. The summed E-state index contributed by atoms with van der Waals surface area (Å²) in [5.74, 6) is 0. The van der Waals surface area contributed by atoms with Crippen LogP contribution < -0.4 is 5.32 Å². The summed E-state index contributed by atoms with van der Waals surface area (Å²) in [6.45, 7) is 2.17. The Kier molecular flexibility index (Phi) is 6.45. The van der Waals surface area contributed by atoms with Gasteiger partial charge in [0.15, 0.2) is 0 Å². The summed E-state index contributed by atoms with van der Waals surface area (Å²) in [5.41, 5.74) is -0.524. The average Bonchev–Trinajstić information content (AvgIpc) is 2.41. The highest BCUT2D eigenvalue weighted by Crippen LogP contribution is 2.30. The van der Waals surface area contributed by atoms with Gasteiger partial charge < -0.3 is 15.5 Å². The zero-order chi connectivity index (χ0) is 15.2. The highest BCUT2D eigenvalue weighted by atomic mass is 19.4. The molecule has 1 aromatic carbocycles. The zero-order valence-corrected chi connectivity index (χ0v) is 11.3. The Bertz CT molecular complexity index is 410. The molecule has 0 aliphatic rings. The summed E-state index contributed by atoms with van der Waals surface area (Å²) in [6, 6.07) is 4.79. The molecule has 3 N–H and O–H groups in total. The number of hydrogen-bond acceptors (Lipinski definition) is 3. The molecule has 1 rings (SSSR count). The standard InChI is InChI=1S/C14H20F3NO2/c1-10(4-3-7-19)18-9-13(20)11-5-2-6-12(8-11)14(15,16)17/h2,5-6,8,10,13,18-20H,3-4,7,9H2,1H3. The normalized spacial score (nSPS) is 15.1. The first-order valence-electron chi connectivity index (χ1n) is 6.54. The molecule has 3 nitrogen and oxygen atoms in total. The van der Waals surface area contributed by atoms with Crippen LogP contribution in [0.1, 0.15) is 37.0 Å². The lowest BCUT2D eigenvalue weighted by molar-refractivity contribution is -0.137. The highest BCUT2D eigenvalue weighted by molar-refractivity contribution is 5.27. The molecular formula is C14H20F3NO2. The van der Waals surface area contributed by atoms with Gasteiger partial charge in [-0.1, -0.05) is 12.1 Å². The summed E-state index contributed by atoms with van der Waals surface area (Å²) >= 11 is 0. The van der Waals surface area contributed by atoms with Gasteiger partial charge in [0.05, 0.1) is 11.7 Å². The third kappa shape index (κ3) is 5.48. The van der Waals surface area contributed by atoms with E-state index >= 15 is 0 Å². The molecule has 0 heterocycles. The van der Waals surface area contributed by atoms with Crippen molar-refractivity contribution in [1.82, 2.24) is 5.32 Å². The van der Waals surface area contributed by atoms with Crippen LogP contribution in [0.3, 0.4) is 0 Å². The van der Waals surface area contributed by atoms with Gasteiger partial charge in [0.25, 0.3) is 0 Å². The van der Waals surface area contributed by atoms with E-state index in [0.29, 0.717) is 6.42 Å². The Labute approximate surface area is 116 Å². The molecule has 6 heteroatoms. The number of halogens is 3. The lowest BCUT2D eigenvalue weighted by Gasteiger charge is -2.18. The van der Waals surface area contributed by atoms with Crippen molar-refractivity contribution in [3.05, 3.63) is 35.4 Å². The van der Waals surface area contributed by atoms with E-state index in [1.807, 2.05) is 6.92 Å². The molecule has 0 amide bonds. The molecule has 0 radical (unpaired) electrons. The quantitative estimate of drug-likeness (QED) is 0.723. The van der Waals surface area contributed by atoms with Crippen LogP contribution in [0.25, 0.3) is 0 Å². The van der Waals surface area contributed by atoms with Crippen LogP contribution in [0.2, 0.25) is 0 Å². The number of nitrogens with one attached hydrogen (secondary N) is 1. The van der Waals surface area contributed by atoms with Crippen molar-refractivity contribution in [3.63, 3.8) is 0 Å². The smallest absolute Gasteiger partial charge is 0.396 e. The van der Waals surface area contributed by atoms with Crippen molar-refractivity contribution >= 4 is 0 Å². The van der Waals surface area contributed by atoms with Crippen LogP contribution in [0.5, 0.6) is 0 Å². The van der Waals surface area contributed by atoms with Gasteiger partial charge >= 0.3 is 6.18 Å². The molecule has 0 aliphatic carbocycles. The van der Waals surface area contributed by atoms with Crippen LogP contribution in [-0.2, 0) is 6.18 Å². The van der Waals surface area contributed by atoms with Crippen LogP contribution in [0.4, 0.5) is 13.2 Å². The summed E-state index contributed by atoms with van der Waals surface area (Å²) in [7, 11) is 0. The molecule has 0 saturated heterocycles.